The predicted molar refractivity (Wildman–Crippen MR) is 85.1 cm³/mol. The van der Waals surface area contributed by atoms with Gasteiger partial charge in [-0.3, -0.25) is 9.59 Å². The fourth-order valence-corrected chi connectivity index (χ4v) is 2.73. The Hall–Kier alpha value is -1.69. The van der Waals surface area contributed by atoms with Crippen LogP contribution in [0.2, 0.25) is 0 Å². The number of hydrogen-bond donors (Lipinski definition) is 2. The van der Waals surface area contributed by atoms with Gasteiger partial charge in [-0.15, -0.1) is 11.8 Å². The zero-order chi connectivity index (χ0) is 15.4. The van der Waals surface area contributed by atoms with Gasteiger partial charge in [-0.1, -0.05) is 0 Å². The third kappa shape index (κ3) is 4.97. The molecule has 3 N–H and O–H groups in total. The molecule has 6 heteroatoms. The van der Waals surface area contributed by atoms with E-state index in [0.29, 0.717) is 11.8 Å². The Balaban J connectivity index is 1.77. The number of nitrogens with two attached hydrogens (primary N) is 1. The standard InChI is InChI=1S/C15H21N3O2S/c1-10-7-12(5-6-13(10)16)21-9-15(20)18(2)8-14(19)17-11-3-4-11/h5-7,11H,3-4,8-9,16H2,1-2H3,(H,17,19). The van der Waals surface area contributed by atoms with Crippen LogP contribution >= 0.6 is 11.8 Å². The van der Waals surface area contributed by atoms with Gasteiger partial charge in [0.25, 0.3) is 0 Å². The zero-order valence-corrected chi connectivity index (χ0v) is 13.2. The number of carbonyl (C=O) groups is 2. The van der Waals surface area contributed by atoms with Gasteiger partial charge in [0.15, 0.2) is 0 Å². The molecule has 1 fully saturated rings. The molecule has 0 unspecified atom stereocenters. The second kappa shape index (κ2) is 6.85. The number of thioether (sulfide) groups is 1. The first-order chi connectivity index (χ1) is 9.95. The number of hydrogen-bond acceptors (Lipinski definition) is 4. The van der Waals surface area contributed by atoms with E-state index < -0.39 is 0 Å². The molecule has 0 spiro atoms. The van der Waals surface area contributed by atoms with E-state index in [0.717, 1.165) is 29.0 Å². The van der Waals surface area contributed by atoms with Crippen LogP contribution in [0.4, 0.5) is 5.69 Å². The molecule has 0 aliphatic heterocycles. The molecule has 0 heterocycles. The predicted octanol–water partition coefficient (Wildman–Crippen LogP) is 1.41. The highest BCUT2D eigenvalue weighted by molar-refractivity contribution is 8.00. The lowest BCUT2D eigenvalue weighted by Crippen LogP contribution is -2.39. The Morgan fingerprint density at radius 1 is 1.43 bits per heavy atom. The summed E-state index contributed by atoms with van der Waals surface area (Å²) in [6.45, 7) is 2.06. The number of benzene rings is 1. The van der Waals surface area contributed by atoms with Crippen LogP contribution in [0.5, 0.6) is 0 Å². The highest BCUT2D eigenvalue weighted by atomic mass is 32.2. The third-order valence-electron chi connectivity index (χ3n) is 3.35. The van der Waals surface area contributed by atoms with Crippen molar-refractivity contribution in [1.29, 1.82) is 0 Å². The molecule has 1 aromatic carbocycles. The summed E-state index contributed by atoms with van der Waals surface area (Å²) >= 11 is 1.45. The number of nitrogens with one attached hydrogen (secondary N) is 1. The molecule has 0 aromatic heterocycles. The molecule has 0 bridgehead atoms. The average molecular weight is 307 g/mol. The minimum Gasteiger partial charge on any atom is -0.399 e. The maximum atomic E-state index is 12.0. The largest absolute Gasteiger partial charge is 0.399 e. The van der Waals surface area contributed by atoms with Crippen LogP contribution in [0, 0.1) is 6.92 Å². The van der Waals surface area contributed by atoms with Gasteiger partial charge in [-0.05, 0) is 43.5 Å². The summed E-state index contributed by atoms with van der Waals surface area (Å²) in [6, 6.07) is 6.04. The first kappa shape index (κ1) is 15.7. The monoisotopic (exact) mass is 307 g/mol. The quantitative estimate of drug-likeness (QED) is 0.615. The lowest BCUT2D eigenvalue weighted by atomic mass is 10.2. The SMILES string of the molecule is Cc1cc(SCC(=O)N(C)CC(=O)NC2CC2)ccc1N. The Labute approximate surface area is 129 Å². The summed E-state index contributed by atoms with van der Waals surface area (Å²) in [5.41, 5.74) is 7.52. The summed E-state index contributed by atoms with van der Waals surface area (Å²) in [5.74, 6) is 0.179. The summed E-state index contributed by atoms with van der Waals surface area (Å²) < 4.78 is 0. The highest BCUT2D eigenvalue weighted by Gasteiger charge is 2.24. The van der Waals surface area contributed by atoms with Gasteiger partial charge in [0, 0.05) is 23.7 Å². The molecule has 5 nitrogen and oxygen atoms in total. The fraction of sp³-hybridized carbons (Fsp3) is 0.467. The van der Waals surface area contributed by atoms with Crippen molar-refractivity contribution in [3.8, 4) is 0 Å². The Morgan fingerprint density at radius 2 is 2.14 bits per heavy atom. The van der Waals surface area contributed by atoms with E-state index in [1.807, 2.05) is 25.1 Å². The number of likely N-dealkylation sites (N-methyl/N-ethyl adjacent to an activating group) is 1. The van der Waals surface area contributed by atoms with Gasteiger partial charge in [0.05, 0.1) is 12.3 Å². The van der Waals surface area contributed by atoms with Crippen molar-refractivity contribution in [2.45, 2.75) is 30.7 Å². The van der Waals surface area contributed by atoms with Crippen molar-refractivity contribution >= 4 is 29.3 Å². The minimum absolute atomic E-state index is 0.0552. The van der Waals surface area contributed by atoms with Crippen LogP contribution in [0.3, 0.4) is 0 Å². The molecule has 1 aromatic rings. The second-order valence-corrected chi connectivity index (χ2v) is 6.45. The molecule has 1 aliphatic rings. The van der Waals surface area contributed by atoms with Gasteiger partial charge in [-0.25, -0.2) is 0 Å². The van der Waals surface area contributed by atoms with Crippen molar-refractivity contribution in [3.05, 3.63) is 23.8 Å². The number of amides is 2. The molecule has 2 rings (SSSR count). The van der Waals surface area contributed by atoms with Gasteiger partial charge in [-0.2, -0.15) is 0 Å². The minimum atomic E-state index is -0.0818. The fourth-order valence-electron chi connectivity index (χ4n) is 1.80. The van der Waals surface area contributed by atoms with Crippen molar-refractivity contribution in [2.24, 2.45) is 0 Å². The number of nitrogens with zero attached hydrogens (tertiary/aromatic N) is 1. The van der Waals surface area contributed by atoms with Crippen molar-refractivity contribution in [1.82, 2.24) is 10.2 Å². The van der Waals surface area contributed by atoms with Crippen molar-refractivity contribution < 1.29 is 9.59 Å². The van der Waals surface area contributed by atoms with Crippen LogP contribution in [-0.2, 0) is 9.59 Å². The Morgan fingerprint density at radius 3 is 2.76 bits per heavy atom. The maximum absolute atomic E-state index is 12.0. The number of anilines is 1. The van der Waals surface area contributed by atoms with Crippen molar-refractivity contribution in [2.75, 3.05) is 25.1 Å². The summed E-state index contributed by atoms with van der Waals surface area (Å²) in [6.07, 6.45) is 2.10. The van der Waals surface area contributed by atoms with E-state index in [1.54, 1.807) is 7.05 Å². The smallest absolute Gasteiger partial charge is 0.239 e. The second-order valence-electron chi connectivity index (χ2n) is 5.40. The molecule has 114 valence electrons. The third-order valence-corrected chi connectivity index (χ3v) is 4.33. The van der Waals surface area contributed by atoms with Crippen LogP contribution in [0.15, 0.2) is 23.1 Å². The van der Waals surface area contributed by atoms with E-state index in [9.17, 15) is 9.59 Å². The van der Waals surface area contributed by atoms with Crippen LogP contribution in [-0.4, -0.2) is 42.1 Å². The molecule has 1 saturated carbocycles. The highest BCUT2D eigenvalue weighted by Crippen LogP contribution is 2.22. The molecular weight excluding hydrogens is 286 g/mol. The molecule has 0 saturated heterocycles. The number of carbonyl (C=O) groups excluding carboxylic acids is 2. The molecule has 2 amide bonds. The lowest BCUT2D eigenvalue weighted by molar-refractivity contribution is -0.132. The number of rotatable bonds is 6. The molecular formula is C15H21N3O2S. The first-order valence-corrected chi connectivity index (χ1v) is 7.96. The van der Waals surface area contributed by atoms with Crippen LogP contribution < -0.4 is 11.1 Å². The van der Waals surface area contributed by atoms with E-state index in [4.69, 9.17) is 5.73 Å². The Kier molecular flexibility index (Phi) is 5.12. The normalized spacial score (nSPS) is 13.8. The van der Waals surface area contributed by atoms with Gasteiger partial charge in [0.1, 0.15) is 0 Å². The first-order valence-electron chi connectivity index (χ1n) is 6.98. The van der Waals surface area contributed by atoms with Gasteiger partial charge < -0.3 is 16.0 Å². The molecule has 0 radical (unpaired) electrons. The summed E-state index contributed by atoms with van der Waals surface area (Å²) in [7, 11) is 1.66. The van der Waals surface area contributed by atoms with E-state index in [-0.39, 0.29) is 18.4 Å². The Bertz CT molecular complexity index is 544. The van der Waals surface area contributed by atoms with E-state index >= 15 is 0 Å². The molecule has 1 aliphatic carbocycles. The van der Waals surface area contributed by atoms with Crippen LogP contribution in [0.1, 0.15) is 18.4 Å². The number of aryl methyl sites for hydroxylation is 1. The van der Waals surface area contributed by atoms with Crippen LogP contribution in [0.25, 0.3) is 0 Å². The lowest BCUT2D eigenvalue weighted by Gasteiger charge is -2.16. The van der Waals surface area contributed by atoms with E-state index in [1.165, 1.54) is 16.7 Å². The number of nitrogen functional groups attached to an aromatic ring is 1. The average Bonchev–Trinajstić information content (AvgIpc) is 3.23. The van der Waals surface area contributed by atoms with Crippen molar-refractivity contribution in [3.63, 3.8) is 0 Å². The van der Waals surface area contributed by atoms with Gasteiger partial charge in [0.2, 0.25) is 11.8 Å². The molecule has 21 heavy (non-hydrogen) atoms. The maximum Gasteiger partial charge on any atom is 0.239 e. The topological polar surface area (TPSA) is 75.4 Å². The van der Waals surface area contributed by atoms with Gasteiger partial charge >= 0.3 is 0 Å². The van der Waals surface area contributed by atoms with E-state index in [2.05, 4.69) is 5.32 Å². The summed E-state index contributed by atoms with van der Waals surface area (Å²) in [4.78, 5) is 26.1. The summed E-state index contributed by atoms with van der Waals surface area (Å²) in [5, 5.41) is 2.87. The molecule has 0 atom stereocenters. The zero-order valence-electron chi connectivity index (χ0n) is 12.4.